The maximum atomic E-state index is 11.7. The lowest BCUT2D eigenvalue weighted by Gasteiger charge is -2.21. The highest BCUT2D eigenvalue weighted by Crippen LogP contribution is 2.28. The number of alkyl carbamates (subject to hydrolysis) is 1. The van der Waals surface area contributed by atoms with Gasteiger partial charge in [-0.15, -0.1) is 0 Å². The van der Waals surface area contributed by atoms with Gasteiger partial charge >= 0.3 is 6.09 Å². The zero-order valence-electron chi connectivity index (χ0n) is 12.7. The third-order valence-corrected chi connectivity index (χ3v) is 3.74. The van der Waals surface area contributed by atoms with Crippen molar-refractivity contribution < 1.29 is 14.7 Å². The predicted molar refractivity (Wildman–Crippen MR) is 87.9 cm³/mol. The van der Waals surface area contributed by atoms with Crippen molar-refractivity contribution in [3.63, 3.8) is 0 Å². The molecule has 1 amide bonds. The Morgan fingerprint density at radius 2 is 2.18 bits per heavy atom. The fraction of sp³-hybridized carbons (Fsp3) is 0.400. The summed E-state index contributed by atoms with van der Waals surface area (Å²) in [5.41, 5.74) is 3.47. The molecular formula is C15H20BrN3O3. The maximum Gasteiger partial charge on any atom is 0.407 e. The number of carbonyl (C=O) groups excluding carboxylic acids is 1. The molecule has 0 aliphatic carbocycles. The number of benzene rings is 1. The fourth-order valence-corrected chi connectivity index (χ4v) is 2.63. The Morgan fingerprint density at radius 3 is 2.82 bits per heavy atom. The molecule has 2 rings (SSSR count). The van der Waals surface area contributed by atoms with Gasteiger partial charge in [0.25, 0.3) is 0 Å². The minimum absolute atomic E-state index is 0.199. The summed E-state index contributed by atoms with van der Waals surface area (Å²) in [5.74, 6) is 0. The Kier molecular flexibility index (Phi) is 5.10. The molecule has 7 heteroatoms. The number of aromatic amines is 1. The first-order valence-corrected chi connectivity index (χ1v) is 7.73. The van der Waals surface area contributed by atoms with E-state index in [0.29, 0.717) is 0 Å². The number of para-hydroxylation sites is 1. The number of rotatable bonds is 4. The van der Waals surface area contributed by atoms with Crippen molar-refractivity contribution in [2.75, 3.05) is 6.54 Å². The number of hydrogen-bond acceptors (Lipinski definition) is 4. The van der Waals surface area contributed by atoms with Gasteiger partial charge < -0.3 is 20.2 Å². The van der Waals surface area contributed by atoms with Crippen LogP contribution in [0.1, 0.15) is 32.4 Å². The Morgan fingerprint density at radius 1 is 1.45 bits per heavy atom. The van der Waals surface area contributed by atoms with Crippen molar-refractivity contribution >= 4 is 32.9 Å². The molecule has 0 spiro atoms. The Bertz CT molecular complexity index is 664. The number of ether oxygens (including phenoxy) is 1. The van der Waals surface area contributed by atoms with Gasteiger partial charge in [-0.25, -0.2) is 4.79 Å². The Labute approximate surface area is 137 Å². The van der Waals surface area contributed by atoms with Gasteiger partial charge in [-0.2, -0.15) is 5.48 Å². The van der Waals surface area contributed by atoms with Crippen LogP contribution in [0.2, 0.25) is 0 Å². The molecule has 6 nitrogen and oxygen atoms in total. The number of fused-ring (bicyclic) bond motifs is 1. The molecule has 1 unspecified atom stereocenters. The van der Waals surface area contributed by atoms with Crippen molar-refractivity contribution in [2.45, 2.75) is 32.4 Å². The first kappa shape index (κ1) is 16.8. The average molecular weight is 370 g/mol. The van der Waals surface area contributed by atoms with Crippen molar-refractivity contribution in [1.82, 2.24) is 15.8 Å². The summed E-state index contributed by atoms with van der Waals surface area (Å²) in [4.78, 5) is 14.9. The summed E-state index contributed by atoms with van der Waals surface area (Å²) in [7, 11) is 0. The number of carbonyl (C=O) groups is 1. The maximum absolute atomic E-state index is 11.7. The van der Waals surface area contributed by atoms with Crippen molar-refractivity contribution in [2.24, 2.45) is 0 Å². The largest absolute Gasteiger partial charge is 0.444 e. The van der Waals surface area contributed by atoms with Crippen LogP contribution in [0, 0.1) is 0 Å². The number of H-pyrrole nitrogens is 1. The molecule has 4 N–H and O–H groups in total. The molecule has 1 heterocycles. The molecule has 0 fully saturated rings. The third-order valence-electron chi connectivity index (χ3n) is 3.08. The first-order chi connectivity index (χ1) is 10.3. The third kappa shape index (κ3) is 4.00. The van der Waals surface area contributed by atoms with E-state index in [2.05, 4.69) is 31.7 Å². The molecule has 1 atom stereocenters. The lowest BCUT2D eigenvalue weighted by atomic mass is 10.1. The molecule has 0 aliphatic heterocycles. The molecule has 0 radical (unpaired) electrons. The van der Waals surface area contributed by atoms with Gasteiger partial charge in [-0.1, -0.05) is 12.1 Å². The van der Waals surface area contributed by atoms with Crippen LogP contribution in [0.5, 0.6) is 0 Å². The van der Waals surface area contributed by atoms with E-state index in [0.717, 1.165) is 20.9 Å². The molecule has 22 heavy (non-hydrogen) atoms. The van der Waals surface area contributed by atoms with Gasteiger partial charge in [-0.05, 0) is 48.3 Å². The summed E-state index contributed by atoms with van der Waals surface area (Å²) in [5, 5.41) is 13.0. The van der Waals surface area contributed by atoms with E-state index in [4.69, 9.17) is 4.74 Å². The van der Waals surface area contributed by atoms with Gasteiger partial charge in [0.2, 0.25) is 0 Å². The molecular weight excluding hydrogens is 350 g/mol. The normalized spacial score (nSPS) is 13.1. The lowest BCUT2D eigenvalue weighted by Crippen LogP contribution is -2.37. The monoisotopic (exact) mass is 369 g/mol. The smallest absolute Gasteiger partial charge is 0.407 e. The lowest BCUT2D eigenvalue weighted by molar-refractivity contribution is 0.0503. The predicted octanol–water partition coefficient (Wildman–Crippen LogP) is 3.48. The molecule has 2 aromatic rings. The standard InChI is InChI=1S/C15H20BrN3O3/c1-15(2,3)22-14(20)18-8-12(19-21)10-7-17-13-9(10)5-4-6-11(13)16/h4-7,12,17,19,21H,8H2,1-3H3,(H,18,20). The second kappa shape index (κ2) is 6.68. The molecule has 1 aromatic heterocycles. The van der Waals surface area contributed by atoms with Crippen molar-refractivity contribution in [3.8, 4) is 0 Å². The van der Waals surface area contributed by atoms with Gasteiger partial charge in [0.15, 0.2) is 0 Å². The number of nitrogens with one attached hydrogen (secondary N) is 3. The number of hydroxylamine groups is 1. The summed E-state index contributed by atoms with van der Waals surface area (Å²) in [6.07, 6.45) is 1.29. The quantitative estimate of drug-likeness (QED) is 0.621. The average Bonchev–Trinajstić information content (AvgIpc) is 2.83. The SMILES string of the molecule is CC(C)(C)OC(=O)NCC(NO)c1c[nH]c2c(Br)cccc12. The molecule has 0 aliphatic rings. The summed E-state index contributed by atoms with van der Waals surface area (Å²) < 4.78 is 6.12. The van der Waals surface area contributed by atoms with E-state index < -0.39 is 17.7 Å². The van der Waals surface area contributed by atoms with E-state index in [1.807, 2.05) is 18.2 Å². The minimum Gasteiger partial charge on any atom is -0.444 e. The van der Waals surface area contributed by atoms with Crippen LogP contribution < -0.4 is 10.8 Å². The van der Waals surface area contributed by atoms with Crippen LogP contribution in [-0.2, 0) is 4.74 Å². The number of amides is 1. The van der Waals surface area contributed by atoms with Gasteiger partial charge in [0.1, 0.15) is 5.60 Å². The summed E-state index contributed by atoms with van der Waals surface area (Å²) in [6.45, 7) is 5.59. The highest BCUT2D eigenvalue weighted by Gasteiger charge is 2.20. The summed E-state index contributed by atoms with van der Waals surface area (Å²) >= 11 is 3.47. The van der Waals surface area contributed by atoms with E-state index in [9.17, 15) is 10.0 Å². The number of halogens is 1. The van der Waals surface area contributed by atoms with E-state index in [-0.39, 0.29) is 6.54 Å². The minimum atomic E-state index is -0.558. The fourth-order valence-electron chi connectivity index (χ4n) is 2.15. The van der Waals surface area contributed by atoms with E-state index >= 15 is 0 Å². The van der Waals surface area contributed by atoms with E-state index in [1.165, 1.54) is 0 Å². The second-order valence-electron chi connectivity index (χ2n) is 5.97. The van der Waals surface area contributed by atoms with Crippen LogP contribution >= 0.6 is 15.9 Å². The molecule has 120 valence electrons. The van der Waals surface area contributed by atoms with Gasteiger partial charge in [0, 0.05) is 22.6 Å². The summed E-state index contributed by atoms with van der Waals surface area (Å²) in [6, 6.07) is 5.35. The Balaban J connectivity index is 2.11. The molecule has 1 aromatic carbocycles. The van der Waals surface area contributed by atoms with Crippen molar-refractivity contribution in [3.05, 3.63) is 34.4 Å². The number of hydrogen-bond donors (Lipinski definition) is 4. The zero-order chi connectivity index (χ0) is 16.3. The Hall–Kier alpha value is -1.57. The van der Waals surface area contributed by atoms with Gasteiger partial charge in [-0.3, -0.25) is 0 Å². The van der Waals surface area contributed by atoms with Crippen LogP contribution in [0.25, 0.3) is 10.9 Å². The molecule has 0 bridgehead atoms. The van der Waals surface area contributed by atoms with Crippen LogP contribution in [0.3, 0.4) is 0 Å². The van der Waals surface area contributed by atoms with Crippen molar-refractivity contribution in [1.29, 1.82) is 0 Å². The highest BCUT2D eigenvalue weighted by atomic mass is 79.9. The topological polar surface area (TPSA) is 86.4 Å². The first-order valence-electron chi connectivity index (χ1n) is 6.94. The molecule has 0 saturated carbocycles. The highest BCUT2D eigenvalue weighted by molar-refractivity contribution is 9.10. The van der Waals surface area contributed by atoms with Crippen LogP contribution in [0.4, 0.5) is 4.79 Å². The zero-order valence-corrected chi connectivity index (χ0v) is 14.3. The van der Waals surface area contributed by atoms with Crippen LogP contribution in [0.15, 0.2) is 28.9 Å². The second-order valence-corrected chi connectivity index (χ2v) is 6.83. The van der Waals surface area contributed by atoms with Gasteiger partial charge in [0.05, 0.1) is 11.6 Å². The van der Waals surface area contributed by atoms with Crippen LogP contribution in [-0.4, -0.2) is 28.4 Å². The number of aromatic nitrogens is 1. The van der Waals surface area contributed by atoms with E-state index in [1.54, 1.807) is 27.0 Å². The molecule has 0 saturated heterocycles.